The largest absolute Gasteiger partial charge is 0.486 e. The molecular weight excluding hydrogens is 386 g/mol. The molecule has 0 spiro atoms. The highest BCUT2D eigenvalue weighted by molar-refractivity contribution is 6.32. The number of carbonyl (C=O) groups is 1. The van der Waals surface area contributed by atoms with E-state index in [4.69, 9.17) is 16.3 Å². The quantitative estimate of drug-likeness (QED) is 0.514. The zero-order valence-corrected chi connectivity index (χ0v) is 17.1. The van der Waals surface area contributed by atoms with Crippen molar-refractivity contribution in [2.24, 2.45) is 0 Å². The number of ether oxygens (including phenoxy) is 1. The Labute approximate surface area is 176 Å². The number of halogens is 1. The van der Waals surface area contributed by atoms with Crippen LogP contribution in [-0.4, -0.2) is 22.5 Å². The average molecular weight is 410 g/mol. The van der Waals surface area contributed by atoms with Gasteiger partial charge in [0.2, 0.25) is 0 Å². The average Bonchev–Trinajstić information content (AvgIpc) is 2.74. The van der Waals surface area contributed by atoms with Crippen LogP contribution in [0.1, 0.15) is 24.6 Å². The second-order valence-corrected chi connectivity index (χ2v) is 7.00. The lowest BCUT2D eigenvalue weighted by atomic mass is 10.2. The van der Waals surface area contributed by atoms with Crippen LogP contribution in [0.2, 0.25) is 5.02 Å². The lowest BCUT2D eigenvalue weighted by Crippen LogP contribution is -2.35. The Morgan fingerprint density at radius 3 is 2.59 bits per heavy atom. The molecule has 3 aromatic rings. The first-order chi connectivity index (χ1) is 14.2. The van der Waals surface area contributed by atoms with Gasteiger partial charge in [0, 0.05) is 25.0 Å². The van der Waals surface area contributed by atoms with Crippen LogP contribution in [0.15, 0.2) is 72.9 Å². The normalized spacial score (nSPS) is 10.4. The highest BCUT2D eigenvalue weighted by atomic mass is 35.5. The Morgan fingerprint density at radius 2 is 1.90 bits per heavy atom. The molecule has 0 saturated heterocycles. The van der Waals surface area contributed by atoms with Crippen molar-refractivity contribution < 1.29 is 9.53 Å². The smallest absolute Gasteiger partial charge is 0.322 e. The van der Waals surface area contributed by atoms with Gasteiger partial charge in [0.1, 0.15) is 12.4 Å². The fraction of sp³-hybridized carbons (Fsp3) is 0.217. The van der Waals surface area contributed by atoms with Crippen molar-refractivity contribution in [3.05, 3.63) is 89.2 Å². The van der Waals surface area contributed by atoms with Gasteiger partial charge in [-0.1, -0.05) is 54.9 Å². The molecule has 1 aromatic heterocycles. The Hall–Kier alpha value is -3.05. The number of aromatic nitrogens is 1. The summed E-state index contributed by atoms with van der Waals surface area (Å²) < 4.78 is 5.73. The predicted molar refractivity (Wildman–Crippen MR) is 116 cm³/mol. The number of nitrogens with zero attached hydrogens (tertiary/aromatic N) is 2. The van der Waals surface area contributed by atoms with Gasteiger partial charge in [-0.25, -0.2) is 4.79 Å². The summed E-state index contributed by atoms with van der Waals surface area (Å²) in [5.74, 6) is 0.546. The number of benzene rings is 2. The van der Waals surface area contributed by atoms with E-state index in [2.05, 4.69) is 17.2 Å². The SMILES string of the molecule is CCCN(Cc1ccccc1)C(=O)Nc1ccc(OCc2ccccn2)c(Cl)c1. The number of hydrogen-bond acceptors (Lipinski definition) is 3. The fourth-order valence-corrected chi connectivity index (χ4v) is 3.09. The molecule has 29 heavy (non-hydrogen) atoms. The molecule has 2 aromatic carbocycles. The lowest BCUT2D eigenvalue weighted by Gasteiger charge is -2.23. The molecule has 0 atom stereocenters. The molecule has 1 heterocycles. The summed E-state index contributed by atoms with van der Waals surface area (Å²) in [7, 11) is 0. The first-order valence-electron chi connectivity index (χ1n) is 9.58. The molecule has 2 amide bonds. The molecule has 5 nitrogen and oxygen atoms in total. The Bertz CT molecular complexity index is 920. The number of urea groups is 1. The van der Waals surface area contributed by atoms with Crippen molar-refractivity contribution in [3.8, 4) is 5.75 Å². The van der Waals surface area contributed by atoms with Crippen LogP contribution in [0.4, 0.5) is 10.5 Å². The third kappa shape index (κ3) is 6.22. The van der Waals surface area contributed by atoms with Crippen LogP contribution in [0.25, 0.3) is 0 Å². The van der Waals surface area contributed by atoms with E-state index in [1.54, 1.807) is 29.3 Å². The predicted octanol–water partition coefficient (Wildman–Crippen LogP) is 5.76. The van der Waals surface area contributed by atoms with E-state index in [0.29, 0.717) is 36.2 Å². The first kappa shape index (κ1) is 20.7. The van der Waals surface area contributed by atoms with E-state index >= 15 is 0 Å². The van der Waals surface area contributed by atoms with E-state index in [-0.39, 0.29) is 6.03 Å². The van der Waals surface area contributed by atoms with E-state index in [0.717, 1.165) is 17.7 Å². The van der Waals surface area contributed by atoms with Crippen molar-refractivity contribution in [1.29, 1.82) is 0 Å². The van der Waals surface area contributed by atoms with Gasteiger partial charge >= 0.3 is 6.03 Å². The van der Waals surface area contributed by atoms with E-state index in [1.807, 2.05) is 48.5 Å². The summed E-state index contributed by atoms with van der Waals surface area (Å²) in [6, 6.07) is 20.7. The summed E-state index contributed by atoms with van der Waals surface area (Å²) in [5.41, 5.74) is 2.53. The van der Waals surface area contributed by atoms with Gasteiger partial charge in [0.15, 0.2) is 0 Å². The number of carbonyl (C=O) groups excluding carboxylic acids is 1. The lowest BCUT2D eigenvalue weighted by molar-refractivity contribution is 0.209. The maximum atomic E-state index is 12.7. The third-order valence-corrected chi connectivity index (χ3v) is 4.58. The van der Waals surface area contributed by atoms with Crippen LogP contribution >= 0.6 is 11.6 Å². The summed E-state index contributed by atoms with van der Waals surface area (Å²) in [6.07, 6.45) is 2.59. The summed E-state index contributed by atoms with van der Waals surface area (Å²) >= 11 is 6.34. The highest BCUT2D eigenvalue weighted by Gasteiger charge is 2.14. The standard InChI is InChI=1S/C23H24ClN3O2/c1-2-14-27(16-18-8-4-3-5-9-18)23(28)26-19-11-12-22(21(24)15-19)29-17-20-10-6-7-13-25-20/h3-13,15H,2,14,16-17H2,1H3,(H,26,28). The maximum Gasteiger partial charge on any atom is 0.322 e. The van der Waals surface area contributed by atoms with Gasteiger partial charge in [-0.2, -0.15) is 0 Å². The second kappa shape index (κ2) is 10.5. The molecule has 6 heteroatoms. The van der Waals surface area contributed by atoms with Gasteiger partial charge in [0.05, 0.1) is 10.7 Å². The first-order valence-corrected chi connectivity index (χ1v) is 9.95. The molecule has 1 N–H and O–H groups in total. The minimum Gasteiger partial charge on any atom is -0.486 e. The van der Waals surface area contributed by atoms with E-state index < -0.39 is 0 Å². The molecule has 0 aliphatic rings. The van der Waals surface area contributed by atoms with Gasteiger partial charge in [-0.3, -0.25) is 4.98 Å². The van der Waals surface area contributed by atoms with Crippen molar-refractivity contribution in [2.45, 2.75) is 26.5 Å². The number of anilines is 1. The Kier molecular flexibility index (Phi) is 7.47. The zero-order chi connectivity index (χ0) is 20.5. The van der Waals surface area contributed by atoms with E-state index in [1.165, 1.54) is 0 Å². The fourth-order valence-electron chi connectivity index (χ4n) is 2.86. The third-order valence-electron chi connectivity index (χ3n) is 4.28. The van der Waals surface area contributed by atoms with Crippen molar-refractivity contribution in [1.82, 2.24) is 9.88 Å². The Morgan fingerprint density at radius 1 is 1.10 bits per heavy atom. The number of amides is 2. The molecule has 0 radical (unpaired) electrons. The van der Waals surface area contributed by atoms with Crippen LogP contribution in [0.3, 0.4) is 0 Å². The van der Waals surface area contributed by atoms with Crippen LogP contribution in [0.5, 0.6) is 5.75 Å². The zero-order valence-electron chi connectivity index (χ0n) is 16.3. The minimum atomic E-state index is -0.158. The maximum absolute atomic E-state index is 12.7. The molecule has 0 aliphatic carbocycles. The summed E-state index contributed by atoms with van der Waals surface area (Å²) in [4.78, 5) is 18.8. The highest BCUT2D eigenvalue weighted by Crippen LogP contribution is 2.28. The molecule has 0 unspecified atom stereocenters. The van der Waals surface area contributed by atoms with Crippen molar-refractivity contribution >= 4 is 23.3 Å². The van der Waals surface area contributed by atoms with Gasteiger partial charge in [-0.05, 0) is 42.3 Å². The van der Waals surface area contributed by atoms with Crippen LogP contribution in [-0.2, 0) is 13.2 Å². The Balaban J connectivity index is 1.62. The second-order valence-electron chi connectivity index (χ2n) is 6.59. The van der Waals surface area contributed by atoms with Gasteiger partial charge in [-0.15, -0.1) is 0 Å². The number of hydrogen-bond donors (Lipinski definition) is 1. The summed E-state index contributed by atoms with van der Waals surface area (Å²) in [6.45, 7) is 3.60. The van der Waals surface area contributed by atoms with Gasteiger partial charge < -0.3 is 15.0 Å². The van der Waals surface area contributed by atoms with Crippen molar-refractivity contribution in [3.63, 3.8) is 0 Å². The van der Waals surface area contributed by atoms with Crippen molar-refractivity contribution in [2.75, 3.05) is 11.9 Å². The van der Waals surface area contributed by atoms with Gasteiger partial charge in [0.25, 0.3) is 0 Å². The number of rotatable bonds is 8. The van der Waals surface area contributed by atoms with Crippen LogP contribution in [0, 0.1) is 0 Å². The van der Waals surface area contributed by atoms with Crippen LogP contribution < -0.4 is 10.1 Å². The van der Waals surface area contributed by atoms with E-state index in [9.17, 15) is 4.79 Å². The minimum absolute atomic E-state index is 0.158. The molecule has 0 bridgehead atoms. The number of nitrogens with one attached hydrogen (secondary N) is 1. The molecule has 0 fully saturated rings. The molecular formula is C23H24ClN3O2. The molecule has 150 valence electrons. The monoisotopic (exact) mass is 409 g/mol. The summed E-state index contributed by atoms with van der Waals surface area (Å²) in [5, 5.41) is 3.36. The topological polar surface area (TPSA) is 54.5 Å². The molecule has 0 saturated carbocycles. The number of pyridine rings is 1. The molecule has 3 rings (SSSR count). The molecule has 0 aliphatic heterocycles.